The van der Waals surface area contributed by atoms with Crippen molar-refractivity contribution in [3.05, 3.63) is 23.8 Å². The highest BCUT2D eigenvalue weighted by Crippen LogP contribution is 2.66. The van der Waals surface area contributed by atoms with Crippen molar-refractivity contribution in [3.63, 3.8) is 0 Å². The van der Waals surface area contributed by atoms with Crippen molar-refractivity contribution in [1.82, 2.24) is 0 Å². The average Bonchev–Trinajstić information content (AvgIpc) is 2.81. The number of phenols is 1. The Hall–Kier alpha value is -1.71. The van der Waals surface area contributed by atoms with E-state index in [1.54, 1.807) is 6.07 Å². The predicted molar refractivity (Wildman–Crippen MR) is 83.1 cm³/mol. The van der Waals surface area contributed by atoms with Gasteiger partial charge in [0.25, 0.3) is 0 Å². The molecule has 2 aliphatic rings. The summed E-state index contributed by atoms with van der Waals surface area (Å²) in [7, 11) is 1.46. The monoisotopic (exact) mass is 304 g/mol. The van der Waals surface area contributed by atoms with Gasteiger partial charge in [0.2, 0.25) is 0 Å². The van der Waals surface area contributed by atoms with Crippen molar-refractivity contribution in [2.75, 3.05) is 7.11 Å². The van der Waals surface area contributed by atoms with E-state index in [9.17, 15) is 9.90 Å². The van der Waals surface area contributed by atoms with Crippen LogP contribution in [-0.4, -0.2) is 24.3 Å². The molecule has 2 aliphatic carbocycles. The van der Waals surface area contributed by atoms with Crippen LogP contribution in [0, 0.1) is 16.7 Å². The smallest absolute Gasteiger partial charge is 0.338 e. The van der Waals surface area contributed by atoms with Crippen LogP contribution in [0.25, 0.3) is 0 Å². The summed E-state index contributed by atoms with van der Waals surface area (Å²) in [6.45, 7) is 6.83. The summed E-state index contributed by atoms with van der Waals surface area (Å²) in [5.74, 6) is 0.596. The van der Waals surface area contributed by atoms with Gasteiger partial charge in [-0.3, -0.25) is 0 Å². The van der Waals surface area contributed by atoms with Gasteiger partial charge in [-0.05, 0) is 48.8 Å². The molecule has 0 amide bonds. The van der Waals surface area contributed by atoms with Crippen molar-refractivity contribution < 1.29 is 19.4 Å². The van der Waals surface area contributed by atoms with Gasteiger partial charge in [-0.2, -0.15) is 0 Å². The summed E-state index contributed by atoms with van der Waals surface area (Å²) in [4.78, 5) is 12.5. The van der Waals surface area contributed by atoms with E-state index >= 15 is 0 Å². The maximum atomic E-state index is 12.5. The lowest BCUT2D eigenvalue weighted by Crippen LogP contribution is -2.38. The number of carbonyl (C=O) groups is 1. The molecule has 0 unspecified atom stereocenters. The summed E-state index contributed by atoms with van der Waals surface area (Å²) in [6.07, 6.45) is 3.25. The first-order valence-corrected chi connectivity index (χ1v) is 7.87. The molecule has 2 saturated carbocycles. The van der Waals surface area contributed by atoms with E-state index in [1.807, 2.05) is 0 Å². The number of carbonyl (C=O) groups excluding carboxylic acids is 1. The Morgan fingerprint density at radius 1 is 1.32 bits per heavy atom. The lowest BCUT2D eigenvalue weighted by molar-refractivity contribution is -0.0242. The zero-order chi connectivity index (χ0) is 16.1. The third kappa shape index (κ3) is 2.00. The highest BCUT2D eigenvalue weighted by molar-refractivity contribution is 5.90. The molecule has 3 rings (SSSR count). The molecule has 4 nitrogen and oxygen atoms in total. The van der Waals surface area contributed by atoms with Crippen molar-refractivity contribution in [2.45, 2.75) is 46.1 Å². The molecule has 120 valence electrons. The van der Waals surface area contributed by atoms with E-state index in [-0.39, 0.29) is 34.4 Å². The molecular formula is C18H24O4. The van der Waals surface area contributed by atoms with Crippen molar-refractivity contribution in [2.24, 2.45) is 16.7 Å². The Balaban J connectivity index is 1.79. The molecule has 0 radical (unpaired) electrons. The fourth-order valence-electron chi connectivity index (χ4n) is 4.31. The van der Waals surface area contributed by atoms with Crippen LogP contribution in [0.3, 0.4) is 0 Å². The maximum absolute atomic E-state index is 12.5. The first kappa shape index (κ1) is 15.2. The number of esters is 1. The summed E-state index contributed by atoms with van der Waals surface area (Å²) in [5, 5.41) is 9.62. The number of rotatable bonds is 3. The van der Waals surface area contributed by atoms with Crippen LogP contribution in [0.1, 0.15) is 50.4 Å². The fraction of sp³-hybridized carbons (Fsp3) is 0.611. The summed E-state index contributed by atoms with van der Waals surface area (Å²) < 4.78 is 10.9. The van der Waals surface area contributed by atoms with Crippen LogP contribution < -0.4 is 4.74 Å². The topological polar surface area (TPSA) is 55.8 Å². The van der Waals surface area contributed by atoms with Crippen LogP contribution >= 0.6 is 0 Å². The molecule has 1 aromatic carbocycles. The minimum absolute atomic E-state index is 0.0204. The molecule has 22 heavy (non-hydrogen) atoms. The first-order chi connectivity index (χ1) is 10.3. The van der Waals surface area contributed by atoms with E-state index in [1.165, 1.54) is 25.7 Å². The van der Waals surface area contributed by atoms with Gasteiger partial charge in [0.05, 0.1) is 12.7 Å². The van der Waals surface area contributed by atoms with E-state index in [0.29, 0.717) is 11.5 Å². The SMILES string of the molecule is COc1cc(C(=O)O[C@H]2C[C@@H]3CC[C@@]2(C)C3(C)C)ccc1O. The number of ether oxygens (including phenoxy) is 2. The number of methoxy groups -OCH3 is 1. The van der Waals surface area contributed by atoms with Gasteiger partial charge >= 0.3 is 5.97 Å². The second-order valence-electron chi connectivity index (χ2n) is 7.39. The lowest BCUT2D eigenvalue weighted by atomic mass is 9.70. The molecule has 0 aliphatic heterocycles. The third-order valence-corrected chi connectivity index (χ3v) is 6.38. The van der Waals surface area contributed by atoms with Crippen molar-refractivity contribution >= 4 is 5.97 Å². The highest BCUT2D eigenvalue weighted by atomic mass is 16.5. The Morgan fingerprint density at radius 3 is 2.59 bits per heavy atom. The minimum Gasteiger partial charge on any atom is -0.504 e. The number of hydrogen-bond donors (Lipinski definition) is 1. The molecule has 3 atom stereocenters. The number of fused-ring (bicyclic) bond motifs is 2. The van der Waals surface area contributed by atoms with Crippen LogP contribution in [-0.2, 0) is 4.74 Å². The number of benzene rings is 1. The minimum atomic E-state index is -0.340. The molecule has 0 heterocycles. The van der Waals surface area contributed by atoms with Crippen LogP contribution in [0.5, 0.6) is 11.5 Å². The molecule has 2 fully saturated rings. The van der Waals surface area contributed by atoms with E-state index in [0.717, 1.165) is 12.8 Å². The van der Waals surface area contributed by atoms with E-state index < -0.39 is 0 Å². The predicted octanol–water partition coefficient (Wildman–Crippen LogP) is 3.77. The first-order valence-electron chi connectivity index (χ1n) is 7.87. The van der Waals surface area contributed by atoms with Crippen molar-refractivity contribution in [1.29, 1.82) is 0 Å². The van der Waals surface area contributed by atoms with Gasteiger partial charge in [-0.15, -0.1) is 0 Å². The number of hydrogen-bond acceptors (Lipinski definition) is 4. The van der Waals surface area contributed by atoms with Gasteiger partial charge in [0.15, 0.2) is 11.5 Å². The number of phenolic OH excluding ortho intramolecular Hbond substituents is 1. The Bertz CT molecular complexity index is 607. The second kappa shape index (κ2) is 4.90. The quantitative estimate of drug-likeness (QED) is 0.864. The van der Waals surface area contributed by atoms with Gasteiger partial charge in [-0.1, -0.05) is 20.8 Å². The molecular weight excluding hydrogens is 280 g/mol. The van der Waals surface area contributed by atoms with Crippen molar-refractivity contribution in [3.8, 4) is 11.5 Å². The van der Waals surface area contributed by atoms with Gasteiger partial charge < -0.3 is 14.6 Å². The van der Waals surface area contributed by atoms with Gasteiger partial charge in [0, 0.05) is 5.41 Å². The highest BCUT2D eigenvalue weighted by Gasteiger charge is 2.62. The average molecular weight is 304 g/mol. The summed E-state index contributed by atoms with van der Waals surface area (Å²) in [6, 6.07) is 4.56. The molecule has 0 saturated heterocycles. The Morgan fingerprint density at radius 2 is 2.05 bits per heavy atom. The van der Waals surface area contributed by atoms with E-state index in [4.69, 9.17) is 9.47 Å². The van der Waals surface area contributed by atoms with Crippen LogP contribution in [0.2, 0.25) is 0 Å². The molecule has 4 heteroatoms. The molecule has 2 bridgehead atoms. The largest absolute Gasteiger partial charge is 0.504 e. The van der Waals surface area contributed by atoms with Crippen LogP contribution in [0.4, 0.5) is 0 Å². The van der Waals surface area contributed by atoms with Gasteiger partial charge in [0.1, 0.15) is 6.10 Å². The van der Waals surface area contributed by atoms with Crippen LogP contribution in [0.15, 0.2) is 18.2 Å². The molecule has 0 spiro atoms. The number of aromatic hydroxyl groups is 1. The molecule has 1 aromatic rings. The Labute approximate surface area is 131 Å². The zero-order valence-electron chi connectivity index (χ0n) is 13.7. The molecule has 0 aromatic heterocycles. The second-order valence-corrected chi connectivity index (χ2v) is 7.39. The zero-order valence-corrected chi connectivity index (χ0v) is 13.7. The van der Waals surface area contributed by atoms with E-state index in [2.05, 4.69) is 20.8 Å². The summed E-state index contributed by atoms with van der Waals surface area (Å²) in [5.41, 5.74) is 0.678. The normalized spacial score (nSPS) is 32.0. The third-order valence-electron chi connectivity index (χ3n) is 6.38. The summed E-state index contributed by atoms with van der Waals surface area (Å²) >= 11 is 0. The molecule has 1 N–H and O–H groups in total. The Kier molecular flexibility index (Phi) is 3.38. The van der Waals surface area contributed by atoms with Gasteiger partial charge in [-0.25, -0.2) is 4.79 Å². The lowest BCUT2D eigenvalue weighted by Gasteiger charge is -2.38. The standard InChI is InChI=1S/C18H24O4/c1-17(2)12-7-8-18(17,3)15(10-12)22-16(20)11-5-6-13(19)14(9-11)21-4/h5-6,9,12,15,19H,7-8,10H2,1-4H3/t12-,15-,18+/m0/s1. The maximum Gasteiger partial charge on any atom is 0.338 e. The fourth-order valence-corrected chi connectivity index (χ4v) is 4.31.